The number of nitrogens with zero attached hydrogens (tertiary/aromatic N) is 2. The van der Waals surface area contributed by atoms with Crippen LogP contribution in [0.2, 0.25) is 0 Å². The second-order valence-electron chi connectivity index (χ2n) is 9.82. The molecule has 1 aromatic heterocycles. The number of benzene rings is 3. The summed E-state index contributed by atoms with van der Waals surface area (Å²) >= 11 is 0. The van der Waals surface area contributed by atoms with E-state index in [0.29, 0.717) is 0 Å². The van der Waals surface area contributed by atoms with Gasteiger partial charge in [0.15, 0.2) is 8.07 Å². The van der Waals surface area contributed by atoms with Crippen LogP contribution in [0.25, 0.3) is 0 Å². The van der Waals surface area contributed by atoms with Crippen molar-refractivity contribution < 1.29 is 0 Å². The normalized spacial score (nSPS) is 11.6. The molecule has 0 amide bonds. The Balaban J connectivity index is 1.87. The van der Waals surface area contributed by atoms with Crippen LogP contribution < -0.4 is 15.6 Å². The molecule has 0 saturated heterocycles. The van der Waals surface area contributed by atoms with Crippen LogP contribution >= 0.6 is 0 Å². The molecule has 0 aliphatic carbocycles. The van der Waals surface area contributed by atoms with Gasteiger partial charge in [0.2, 0.25) is 0 Å². The van der Waals surface area contributed by atoms with Gasteiger partial charge in [-0.1, -0.05) is 118 Å². The van der Waals surface area contributed by atoms with E-state index in [4.69, 9.17) is 0 Å². The second-order valence-corrected chi connectivity index (χ2v) is 13.7. The molecule has 35 heavy (non-hydrogen) atoms. The van der Waals surface area contributed by atoms with Crippen molar-refractivity contribution in [3.8, 4) is 0 Å². The Morgan fingerprint density at radius 1 is 0.657 bits per heavy atom. The Bertz CT molecular complexity index is 1100. The summed E-state index contributed by atoms with van der Waals surface area (Å²) < 4.78 is 2.30. The maximum absolute atomic E-state index is 4.41. The molecule has 3 aromatic carbocycles. The number of unbranched alkanes of at least 4 members (excludes halogenated alkanes) is 4. The number of rotatable bonds is 13. The maximum atomic E-state index is 4.41. The SMILES string of the molecule is CCCCCc1cccc([Si](Cn2ccnc2)(c2ccccc2)c2cccc(CCCCC)c2)c1. The topological polar surface area (TPSA) is 17.8 Å². The van der Waals surface area contributed by atoms with Gasteiger partial charge in [0.25, 0.3) is 0 Å². The summed E-state index contributed by atoms with van der Waals surface area (Å²) in [6.07, 6.45) is 16.9. The quantitative estimate of drug-likeness (QED) is 0.129. The Morgan fingerprint density at radius 2 is 1.23 bits per heavy atom. The van der Waals surface area contributed by atoms with E-state index in [9.17, 15) is 0 Å². The Hall–Kier alpha value is -2.91. The van der Waals surface area contributed by atoms with Crippen LogP contribution in [0.4, 0.5) is 0 Å². The Morgan fingerprint density at radius 3 is 1.74 bits per heavy atom. The van der Waals surface area contributed by atoms with Crippen molar-refractivity contribution in [3.05, 3.63) is 109 Å². The largest absolute Gasteiger partial charge is 0.339 e. The first-order valence-electron chi connectivity index (χ1n) is 13.5. The molecule has 3 heteroatoms. The summed E-state index contributed by atoms with van der Waals surface area (Å²) in [7, 11) is -2.36. The minimum absolute atomic E-state index is 0.952. The van der Waals surface area contributed by atoms with Gasteiger partial charge in [-0.2, -0.15) is 0 Å². The number of aromatic nitrogens is 2. The van der Waals surface area contributed by atoms with Crippen molar-refractivity contribution in [1.29, 1.82) is 0 Å². The summed E-state index contributed by atoms with van der Waals surface area (Å²) in [5.41, 5.74) is 2.93. The summed E-state index contributed by atoms with van der Waals surface area (Å²) in [4.78, 5) is 4.41. The van der Waals surface area contributed by atoms with Crippen LogP contribution in [-0.2, 0) is 19.0 Å². The van der Waals surface area contributed by atoms with Gasteiger partial charge in [0, 0.05) is 18.6 Å². The van der Waals surface area contributed by atoms with Crippen LogP contribution in [0, 0.1) is 0 Å². The molecule has 182 valence electrons. The first-order chi connectivity index (χ1) is 17.3. The molecular weight excluding hydrogens is 440 g/mol. The Labute approximate surface area is 213 Å². The number of imidazole rings is 1. The molecule has 2 nitrogen and oxygen atoms in total. The zero-order valence-corrected chi connectivity index (χ0v) is 22.5. The molecule has 0 atom stereocenters. The van der Waals surface area contributed by atoms with Crippen LogP contribution in [0.3, 0.4) is 0 Å². The lowest BCUT2D eigenvalue weighted by molar-refractivity contribution is 0.717. The third kappa shape index (κ3) is 6.21. The lowest BCUT2D eigenvalue weighted by Gasteiger charge is -2.34. The summed E-state index contributed by atoms with van der Waals surface area (Å²) in [6, 6.07) is 30.3. The van der Waals surface area contributed by atoms with Crippen LogP contribution in [-0.4, -0.2) is 17.6 Å². The average Bonchev–Trinajstić information content (AvgIpc) is 3.42. The van der Waals surface area contributed by atoms with Crippen molar-refractivity contribution in [3.63, 3.8) is 0 Å². The minimum atomic E-state index is -2.36. The molecule has 0 spiro atoms. The molecule has 0 aliphatic heterocycles. The third-order valence-corrected chi connectivity index (χ3v) is 12.0. The van der Waals surface area contributed by atoms with E-state index in [0.717, 1.165) is 19.0 Å². The molecule has 1 heterocycles. The standard InChI is InChI=1S/C32H40N2Si/c1-3-5-8-14-28-16-12-20-31(24-28)35(27-34-23-22-33-26-34,30-18-10-7-11-19-30)32-21-13-17-29(25-32)15-9-6-4-2/h7,10-13,16-26H,3-6,8-9,14-15,27H2,1-2H3. The molecule has 0 unspecified atom stereocenters. The first kappa shape index (κ1) is 25.2. The van der Waals surface area contributed by atoms with Gasteiger partial charge < -0.3 is 4.57 Å². The van der Waals surface area contributed by atoms with Crippen molar-refractivity contribution in [2.45, 2.75) is 71.4 Å². The van der Waals surface area contributed by atoms with E-state index in [1.165, 1.54) is 65.2 Å². The highest BCUT2D eigenvalue weighted by Gasteiger charge is 2.40. The number of hydrogen-bond acceptors (Lipinski definition) is 1. The smallest absolute Gasteiger partial charge is 0.168 e. The zero-order chi connectivity index (χ0) is 24.3. The highest BCUT2D eigenvalue weighted by molar-refractivity contribution is 7.10. The lowest BCUT2D eigenvalue weighted by Crippen LogP contribution is -2.69. The van der Waals surface area contributed by atoms with E-state index >= 15 is 0 Å². The van der Waals surface area contributed by atoms with Crippen LogP contribution in [0.15, 0.2) is 97.6 Å². The van der Waals surface area contributed by atoms with Gasteiger partial charge in [0.1, 0.15) is 0 Å². The number of hydrogen-bond donors (Lipinski definition) is 0. The van der Waals surface area contributed by atoms with E-state index in [1.54, 1.807) is 0 Å². The van der Waals surface area contributed by atoms with E-state index in [1.807, 2.05) is 12.5 Å². The molecular formula is C32H40N2Si. The fourth-order valence-electron chi connectivity index (χ4n) is 5.29. The minimum Gasteiger partial charge on any atom is -0.339 e. The van der Waals surface area contributed by atoms with Crippen LogP contribution in [0.1, 0.15) is 63.5 Å². The van der Waals surface area contributed by atoms with Gasteiger partial charge >= 0.3 is 0 Å². The van der Waals surface area contributed by atoms with Crippen molar-refractivity contribution in [1.82, 2.24) is 9.55 Å². The highest BCUT2D eigenvalue weighted by atomic mass is 28.3. The molecule has 0 radical (unpaired) electrons. The fourth-order valence-corrected chi connectivity index (χ4v) is 9.96. The van der Waals surface area contributed by atoms with E-state index in [-0.39, 0.29) is 0 Å². The van der Waals surface area contributed by atoms with Gasteiger partial charge in [-0.25, -0.2) is 4.98 Å². The maximum Gasteiger partial charge on any atom is 0.168 e. The molecule has 0 fully saturated rings. The summed E-state index contributed by atoms with van der Waals surface area (Å²) in [6.45, 7) is 4.56. The van der Waals surface area contributed by atoms with Crippen molar-refractivity contribution in [2.75, 3.05) is 0 Å². The zero-order valence-electron chi connectivity index (χ0n) is 21.5. The average molecular weight is 481 g/mol. The van der Waals surface area contributed by atoms with Gasteiger partial charge in [0.05, 0.1) is 6.33 Å². The number of aryl methyl sites for hydroxylation is 2. The first-order valence-corrected chi connectivity index (χ1v) is 15.7. The monoisotopic (exact) mass is 480 g/mol. The van der Waals surface area contributed by atoms with Gasteiger partial charge in [-0.15, -0.1) is 0 Å². The Kier molecular flexibility index (Phi) is 9.13. The highest BCUT2D eigenvalue weighted by Crippen LogP contribution is 2.15. The fraction of sp³-hybridized carbons (Fsp3) is 0.344. The summed E-state index contributed by atoms with van der Waals surface area (Å²) in [5, 5.41) is 4.46. The molecule has 0 bridgehead atoms. The molecule has 0 saturated carbocycles. The third-order valence-electron chi connectivity index (χ3n) is 7.22. The predicted molar refractivity (Wildman–Crippen MR) is 153 cm³/mol. The molecule has 0 N–H and O–H groups in total. The summed E-state index contributed by atoms with van der Waals surface area (Å²) in [5.74, 6) is 0. The van der Waals surface area contributed by atoms with Gasteiger partial charge in [-0.3, -0.25) is 0 Å². The van der Waals surface area contributed by atoms with E-state index < -0.39 is 8.07 Å². The van der Waals surface area contributed by atoms with Crippen LogP contribution in [0.5, 0.6) is 0 Å². The van der Waals surface area contributed by atoms with Crippen molar-refractivity contribution in [2.24, 2.45) is 0 Å². The molecule has 4 rings (SSSR count). The predicted octanol–water partition coefficient (Wildman–Crippen LogP) is 6.06. The lowest BCUT2D eigenvalue weighted by atomic mass is 10.1. The van der Waals surface area contributed by atoms with Gasteiger partial charge in [-0.05, 0) is 52.4 Å². The van der Waals surface area contributed by atoms with E-state index in [2.05, 4.69) is 108 Å². The molecule has 4 aromatic rings. The second kappa shape index (κ2) is 12.7. The molecule has 0 aliphatic rings. The van der Waals surface area contributed by atoms with Crippen molar-refractivity contribution >= 4 is 23.6 Å².